The van der Waals surface area contributed by atoms with Crippen LogP contribution in [0.2, 0.25) is 0 Å². The molecule has 16 heavy (non-hydrogen) atoms. The highest BCUT2D eigenvalue weighted by Gasteiger charge is 2.15. The molecule has 0 atom stereocenters. The molecule has 0 radical (unpaired) electrons. The molecule has 0 unspecified atom stereocenters. The van der Waals surface area contributed by atoms with Crippen molar-refractivity contribution in [3.05, 3.63) is 28.4 Å². The maximum absolute atomic E-state index is 10.5. The van der Waals surface area contributed by atoms with Gasteiger partial charge in [0, 0.05) is 6.92 Å². The van der Waals surface area contributed by atoms with Crippen molar-refractivity contribution in [2.75, 3.05) is 13.2 Å². The standard InChI is InChI=1S/C9H10N2O5/c1-7(12)15-5-6-16-8-3-2-4-10-9(8)11(13)14/h2-4H,5-6H2,1H3. The molecule has 1 aromatic heterocycles. The fraction of sp³-hybridized carbons (Fsp3) is 0.333. The van der Waals surface area contributed by atoms with E-state index in [2.05, 4.69) is 9.72 Å². The molecule has 0 aliphatic rings. The molecule has 0 spiro atoms. The van der Waals surface area contributed by atoms with Crippen LogP contribution in [-0.2, 0) is 9.53 Å². The SMILES string of the molecule is CC(=O)OCCOc1cccnc1[N+](=O)[O-]. The number of esters is 1. The molecule has 0 aliphatic heterocycles. The number of aromatic nitrogens is 1. The first-order chi connectivity index (χ1) is 7.61. The van der Waals surface area contributed by atoms with E-state index in [1.54, 1.807) is 0 Å². The molecule has 0 saturated carbocycles. The summed E-state index contributed by atoms with van der Waals surface area (Å²) >= 11 is 0. The summed E-state index contributed by atoms with van der Waals surface area (Å²) in [5.74, 6) is -0.728. The average molecular weight is 226 g/mol. The van der Waals surface area contributed by atoms with Gasteiger partial charge in [0.2, 0.25) is 5.75 Å². The highest BCUT2D eigenvalue weighted by molar-refractivity contribution is 5.65. The zero-order valence-electron chi connectivity index (χ0n) is 8.58. The summed E-state index contributed by atoms with van der Waals surface area (Å²) in [6.45, 7) is 1.36. The van der Waals surface area contributed by atoms with Gasteiger partial charge in [0.05, 0.1) is 0 Å². The molecule has 86 valence electrons. The molecule has 0 bridgehead atoms. The summed E-state index contributed by atoms with van der Waals surface area (Å²) in [7, 11) is 0. The van der Waals surface area contributed by atoms with E-state index in [1.165, 1.54) is 25.3 Å². The van der Waals surface area contributed by atoms with Crippen LogP contribution in [0, 0.1) is 10.1 Å². The summed E-state index contributed by atoms with van der Waals surface area (Å²) < 4.78 is 9.68. The third-order valence-corrected chi connectivity index (χ3v) is 1.57. The summed E-state index contributed by atoms with van der Waals surface area (Å²) in [6, 6.07) is 2.95. The molecule has 0 amide bonds. The smallest absolute Gasteiger partial charge is 0.406 e. The second kappa shape index (κ2) is 5.64. The van der Waals surface area contributed by atoms with E-state index in [1.807, 2.05) is 0 Å². The van der Waals surface area contributed by atoms with Gasteiger partial charge in [-0.05, 0) is 22.0 Å². The number of hydrogen-bond donors (Lipinski definition) is 0. The fourth-order valence-electron chi connectivity index (χ4n) is 0.969. The number of nitrogens with zero attached hydrogens (tertiary/aromatic N) is 2. The second-order valence-electron chi connectivity index (χ2n) is 2.77. The van der Waals surface area contributed by atoms with Crippen LogP contribution in [0.3, 0.4) is 0 Å². The van der Waals surface area contributed by atoms with Gasteiger partial charge in [-0.3, -0.25) is 4.79 Å². The fourth-order valence-corrected chi connectivity index (χ4v) is 0.969. The van der Waals surface area contributed by atoms with E-state index in [0.29, 0.717) is 0 Å². The van der Waals surface area contributed by atoms with E-state index in [-0.39, 0.29) is 24.8 Å². The Morgan fingerprint density at radius 3 is 2.94 bits per heavy atom. The first-order valence-electron chi connectivity index (χ1n) is 4.47. The van der Waals surface area contributed by atoms with E-state index in [9.17, 15) is 14.9 Å². The predicted molar refractivity (Wildman–Crippen MR) is 53.0 cm³/mol. The van der Waals surface area contributed by atoms with Gasteiger partial charge in [0.25, 0.3) is 0 Å². The van der Waals surface area contributed by atoms with Crippen LogP contribution in [-0.4, -0.2) is 29.1 Å². The highest BCUT2D eigenvalue weighted by Crippen LogP contribution is 2.22. The zero-order valence-corrected chi connectivity index (χ0v) is 8.58. The summed E-state index contributed by atoms with van der Waals surface area (Å²) in [6.07, 6.45) is 1.30. The maximum Gasteiger partial charge on any atom is 0.406 e. The third-order valence-electron chi connectivity index (χ3n) is 1.57. The molecule has 0 aromatic carbocycles. The van der Waals surface area contributed by atoms with Crippen LogP contribution in [0.5, 0.6) is 5.75 Å². The number of carbonyl (C=O) groups excluding carboxylic acids is 1. The molecule has 1 rings (SSSR count). The van der Waals surface area contributed by atoms with Gasteiger partial charge in [0.15, 0.2) is 0 Å². The Balaban J connectivity index is 2.53. The Morgan fingerprint density at radius 1 is 1.56 bits per heavy atom. The van der Waals surface area contributed by atoms with Gasteiger partial charge in [-0.25, -0.2) is 0 Å². The number of hydrogen-bond acceptors (Lipinski definition) is 6. The topological polar surface area (TPSA) is 91.6 Å². The van der Waals surface area contributed by atoms with Gasteiger partial charge >= 0.3 is 11.8 Å². The van der Waals surface area contributed by atoms with Crippen molar-refractivity contribution in [1.82, 2.24) is 4.98 Å². The molecule has 1 heterocycles. The number of carbonyl (C=O) groups is 1. The number of rotatable bonds is 5. The minimum Gasteiger partial charge on any atom is -0.482 e. The van der Waals surface area contributed by atoms with E-state index in [4.69, 9.17) is 4.74 Å². The van der Waals surface area contributed by atoms with Gasteiger partial charge in [0.1, 0.15) is 19.4 Å². The lowest BCUT2D eigenvalue weighted by Crippen LogP contribution is -2.10. The van der Waals surface area contributed by atoms with Crippen LogP contribution in [0.4, 0.5) is 5.82 Å². The molecular weight excluding hydrogens is 216 g/mol. The Labute approximate surface area is 91.2 Å². The Morgan fingerprint density at radius 2 is 2.31 bits per heavy atom. The largest absolute Gasteiger partial charge is 0.482 e. The Bertz CT molecular complexity index is 393. The van der Waals surface area contributed by atoms with Crippen LogP contribution in [0.25, 0.3) is 0 Å². The molecule has 7 heteroatoms. The minimum atomic E-state index is -0.638. The highest BCUT2D eigenvalue weighted by atomic mass is 16.6. The second-order valence-corrected chi connectivity index (χ2v) is 2.77. The lowest BCUT2D eigenvalue weighted by molar-refractivity contribution is -0.390. The lowest BCUT2D eigenvalue weighted by Gasteiger charge is -2.05. The van der Waals surface area contributed by atoms with Crippen LogP contribution < -0.4 is 4.74 Å². The summed E-state index contributed by atoms with van der Waals surface area (Å²) in [4.78, 5) is 23.9. The molecular formula is C9H10N2O5. The van der Waals surface area contributed by atoms with Gasteiger partial charge in [-0.2, -0.15) is 0 Å². The number of ether oxygens (including phenoxy) is 2. The zero-order chi connectivity index (χ0) is 12.0. The van der Waals surface area contributed by atoms with Crippen molar-refractivity contribution < 1.29 is 19.2 Å². The molecule has 0 fully saturated rings. The van der Waals surface area contributed by atoms with Crippen LogP contribution in [0.1, 0.15) is 6.92 Å². The van der Waals surface area contributed by atoms with Crippen LogP contribution in [0.15, 0.2) is 18.3 Å². The first kappa shape index (κ1) is 11.9. The van der Waals surface area contributed by atoms with Crippen molar-refractivity contribution in [3.8, 4) is 5.75 Å². The third kappa shape index (κ3) is 3.52. The van der Waals surface area contributed by atoms with E-state index in [0.717, 1.165) is 0 Å². The molecule has 0 aliphatic carbocycles. The molecule has 7 nitrogen and oxygen atoms in total. The van der Waals surface area contributed by atoms with Crippen molar-refractivity contribution in [1.29, 1.82) is 0 Å². The first-order valence-corrected chi connectivity index (χ1v) is 4.47. The molecule has 1 aromatic rings. The average Bonchev–Trinajstić information content (AvgIpc) is 2.24. The summed E-state index contributed by atoms with van der Waals surface area (Å²) in [5, 5.41) is 10.5. The number of pyridine rings is 1. The monoisotopic (exact) mass is 226 g/mol. The van der Waals surface area contributed by atoms with Gasteiger partial charge in [-0.1, -0.05) is 0 Å². The van der Waals surface area contributed by atoms with Gasteiger partial charge in [-0.15, -0.1) is 0 Å². The molecule has 0 N–H and O–H groups in total. The van der Waals surface area contributed by atoms with Crippen molar-refractivity contribution >= 4 is 11.8 Å². The Hall–Kier alpha value is -2.18. The number of nitro groups is 1. The van der Waals surface area contributed by atoms with Crippen LogP contribution >= 0.6 is 0 Å². The maximum atomic E-state index is 10.5. The van der Waals surface area contributed by atoms with Gasteiger partial charge < -0.3 is 19.6 Å². The normalized spacial score (nSPS) is 9.56. The van der Waals surface area contributed by atoms with Crippen molar-refractivity contribution in [2.24, 2.45) is 0 Å². The van der Waals surface area contributed by atoms with E-state index >= 15 is 0 Å². The van der Waals surface area contributed by atoms with E-state index < -0.39 is 10.9 Å². The minimum absolute atomic E-state index is 0.0430. The lowest BCUT2D eigenvalue weighted by atomic mass is 10.4. The summed E-state index contributed by atoms with van der Waals surface area (Å²) in [5.41, 5.74) is 0. The van der Waals surface area contributed by atoms with Crippen molar-refractivity contribution in [2.45, 2.75) is 6.92 Å². The predicted octanol–water partition coefficient (Wildman–Crippen LogP) is 0.932. The quantitative estimate of drug-likeness (QED) is 0.321. The Kier molecular flexibility index (Phi) is 4.19. The molecule has 0 saturated heterocycles. The van der Waals surface area contributed by atoms with Crippen molar-refractivity contribution in [3.63, 3.8) is 0 Å².